The maximum Gasteiger partial charge on any atom is 0.252 e. The number of H-pyrrole nitrogens is 1. The number of nitrogens with one attached hydrogen (secondary N) is 3. The number of benzene rings is 1. The lowest BCUT2D eigenvalue weighted by molar-refractivity contribution is 0.0954. The molecule has 0 atom stereocenters. The first-order valence-electron chi connectivity index (χ1n) is 10.5. The van der Waals surface area contributed by atoms with Crippen molar-refractivity contribution in [2.75, 3.05) is 18.4 Å². The van der Waals surface area contributed by atoms with Gasteiger partial charge >= 0.3 is 0 Å². The molecule has 1 amide bonds. The van der Waals surface area contributed by atoms with Crippen LogP contribution in [-0.4, -0.2) is 29.0 Å². The monoisotopic (exact) mass is 388 g/mol. The number of aromatic nitrogens is 2. The van der Waals surface area contributed by atoms with E-state index >= 15 is 0 Å². The molecule has 1 aromatic carbocycles. The Hall–Kier alpha value is -3.08. The molecule has 3 aromatic rings. The molecular weight excluding hydrogens is 360 g/mol. The fourth-order valence-electron chi connectivity index (χ4n) is 3.87. The van der Waals surface area contributed by atoms with E-state index in [-0.39, 0.29) is 5.91 Å². The molecular formula is C24H28N4O. The molecule has 0 fully saturated rings. The molecule has 4 rings (SSSR count). The van der Waals surface area contributed by atoms with Crippen LogP contribution in [0.5, 0.6) is 0 Å². The van der Waals surface area contributed by atoms with E-state index < -0.39 is 0 Å². The van der Waals surface area contributed by atoms with Crippen LogP contribution in [0.2, 0.25) is 0 Å². The summed E-state index contributed by atoms with van der Waals surface area (Å²) in [4.78, 5) is 20.0. The smallest absolute Gasteiger partial charge is 0.252 e. The summed E-state index contributed by atoms with van der Waals surface area (Å²) in [7, 11) is 0. The van der Waals surface area contributed by atoms with Gasteiger partial charge in [0, 0.05) is 36.4 Å². The quantitative estimate of drug-likeness (QED) is 0.484. The van der Waals surface area contributed by atoms with Gasteiger partial charge in [0.25, 0.3) is 5.91 Å². The van der Waals surface area contributed by atoms with Gasteiger partial charge in [0.1, 0.15) is 5.82 Å². The highest BCUT2D eigenvalue weighted by Gasteiger charge is 2.08. The van der Waals surface area contributed by atoms with E-state index in [4.69, 9.17) is 0 Å². The van der Waals surface area contributed by atoms with Crippen LogP contribution in [0.3, 0.4) is 0 Å². The molecule has 29 heavy (non-hydrogen) atoms. The van der Waals surface area contributed by atoms with E-state index in [2.05, 4.69) is 38.8 Å². The number of hydrogen-bond acceptors (Lipinski definition) is 3. The summed E-state index contributed by atoms with van der Waals surface area (Å²) in [5.41, 5.74) is 4.48. The van der Waals surface area contributed by atoms with Gasteiger partial charge in [-0.1, -0.05) is 29.8 Å². The highest BCUT2D eigenvalue weighted by molar-refractivity contribution is 5.94. The number of carbonyl (C=O) groups is 1. The normalized spacial score (nSPS) is 13.9. The summed E-state index contributed by atoms with van der Waals surface area (Å²) < 4.78 is 0. The number of amides is 1. The second-order valence-corrected chi connectivity index (χ2v) is 7.58. The molecule has 0 saturated carbocycles. The second kappa shape index (κ2) is 9.41. The lowest BCUT2D eigenvalue weighted by atomic mass is 9.97. The van der Waals surface area contributed by atoms with E-state index in [9.17, 15) is 4.79 Å². The molecule has 0 bridgehead atoms. The summed E-state index contributed by atoms with van der Waals surface area (Å²) >= 11 is 0. The van der Waals surface area contributed by atoms with Crippen LogP contribution in [0.1, 0.15) is 48.0 Å². The zero-order chi connectivity index (χ0) is 19.9. The molecule has 0 saturated heterocycles. The Morgan fingerprint density at radius 1 is 1.07 bits per heavy atom. The Morgan fingerprint density at radius 2 is 2.00 bits per heavy atom. The van der Waals surface area contributed by atoms with Gasteiger partial charge in [0.05, 0.1) is 5.56 Å². The van der Waals surface area contributed by atoms with Gasteiger partial charge < -0.3 is 15.6 Å². The molecule has 5 nitrogen and oxygen atoms in total. The van der Waals surface area contributed by atoms with Crippen molar-refractivity contribution >= 4 is 22.6 Å². The van der Waals surface area contributed by atoms with Gasteiger partial charge in [-0.25, -0.2) is 4.98 Å². The van der Waals surface area contributed by atoms with Crippen molar-refractivity contribution in [2.24, 2.45) is 0 Å². The molecule has 150 valence electrons. The minimum atomic E-state index is -0.0868. The summed E-state index contributed by atoms with van der Waals surface area (Å²) in [5.74, 6) is 0.730. The lowest BCUT2D eigenvalue weighted by Crippen LogP contribution is -2.25. The van der Waals surface area contributed by atoms with Gasteiger partial charge in [-0.2, -0.15) is 0 Å². The number of fused-ring (bicyclic) bond motifs is 1. The van der Waals surface area contributed by atoms with E-state index in [1.165, 1.54) is 36.6 Å². The number of pyridine rings is 1. The molecule has 0 aliphatic heterocycles. The molecule has 1 aliphatic carbocycles. The topological polar surface area (TPSA) is 69.8 Å². The Morgan fingerprint density at radius 3 is 2.83 bits per heavy atom. The van der Waals surface area contributed by atoms with Crippen LogP contribution in [0, 0.1) is 0 Å². The first kappa shape index (κ1) is 19.2. The number of carbonyl (C=O) groups excluding carboxylic acids is 1. The minimum absolute atomic E-state index is 0.0868. The average Bonchev–Trinajstić information content (AvgIpc) is 3.18. The second-order valence-electron chi connectivity index (χ2n) is 7.58. The molecule has 3 N–H and O–H groups in total. The zero-order valence-electron chi connectivity index (χ0n) is 16.7. The van der Waals surface area contributed by atoms with Crippen molar-refractivity contribution in [1.82, 2.24) is 15.3 Å². The Labute approximate surface area is 171 Å². The van der Waals surface area contributed by atoms with Crippen LogP contribution in [-0.2, 0) is 6.42 Å². The predicted molar refractivity (Wildman–Crippen MR) is 118 cm³/mol. The molecule has 1 aliphatic rings. The van der Waals surface area contributed by atoms with Gasteiger partial charge in [-0.3, -0.25) is 4.79 Å². The highest BCUT2D eigenvalue weighted by atomic mass is 16.1. The Kier molecular flexibility index (Phi) is 6.25. The molecule has 2 heterocycles. The fourth-order valence-corrected chi connectivity index (χ4v) is 3.87. The third kappa shape index (κ3) is 5.05. The maximum absolute atomic E-state index is 12.4. The van der Waals surface area contributed by atoms with E-state index in [0.717, 1.165) is 30.7 Å². The third-order valence-corrected chi connectivity index (χ3v) is 5.52. The number of allylic oxidation sites excluding steroid dienone is 1. The SMILES string of the molecule is O=C(NCCc1c[nH]c2ccccc12)c1ccc(NCCC2=CCCCC2)nc1. The van der Waals surface area contributed by atoms with Crippen molar-refractivity contribution in [1.29, 1.82) is 0 Å². The van der Waals surface area contributed by atoms with Crippen molar-refractivity contribution in [2.45, 2.75) is 38.5 Å². The number of anilines is 1. The fraction of sp³-hybridized carbons (Fsp3) is 0.333. The maximum atomic E-state index is 12.4. The number of nitrogens with zero attached hydrogens (tertiary/aromatic N) is 1. The Bertz CT molecular complexity index is 988. The summed E-state index contributed by atoms with van der Waals surface area (Å²) in [5, 5.41) is 7.55. The summed E-state index contributed by atoms with van der Waals surface area (Å²) in [6.07, 6.45) is 13.0. The number of para-hydroxylation sites is 1. The average molecular weight is 389 g/mol. The minimum Gasteiger partial charge on any atom is -0.370 e. The molecule has 2 aromatic heterocycles. The van der Waals surface area contributed by atoms with Gasteiger partial charge in [0.2, 0.25) is 0 Å². The molecule has 0 radical (unpaired) electrons. The Balaban J connectivity index is 1.23. The van der Waals surface area contributed by atoms with Crippen molar-refractivity contribution in [3.8, 4) is 0 Å². The number of aromatic amines is 1. The van der Waals surface area contributed by atoms with Crippen LogP contribution in [0.4, 0.5) is 5.82 Å². The molecule has 0 spiro atoms. The van der Waals surface area contributed by atoms with Crippen molar-refractivity contribution in [3.05, 3.63) is 71.6 Å². The van der Waals surface area contributed by atoms with E-state index in [0.29, 0.717) is 12.1 Å². The van der Waals surface area contributed by atoms with Gasteiger partial charge in [-0.15, -0.1) is 0 Å². The van der Waals surface area contributed by atoms with Crippen LogP contribution < -0.4 is 10.6 Å². The van der Waals surface area contributed by atoms with Crippen LogP contribution in [0.25, 0.3) is 10.9 Å². The van der Waals surface area contributed by atoms with Crippen LogP contribution in [0.15, 0.2) is 60.4 Å². The third-order valence-electron chi connectivity index (χ3n) is 5.52. The van der Waals surface area contributed by atoms with Gasteiger partial charge in [-0.05, 0) is 62.3 Å². The van der Waals surface area contributed by atoms with Gasteiger partial charge in [0.15, 0.2) is 0 Å². The van der Waals surface area contributed by atoms with E-state index in [1.807, 2.05) is 30.5 Å². The zero-order valence-corrected chi connectivity index (χ0v) is 16.7. The van der Waals surface area contributed by atoms with Crippen LogP contribution >= 0.6 is 0 Å². The molecule has 5 heteroatoms. The predicted octanol–water partition coefficient (Wildman–Crippen LogP) is 4.84. The summed E-state index contributed by atoms with van der Waals surface area (Å²) in [6.45, 7) is 1.48. The number of rotatable bonds is 8. The lowest BCUT2D eigenvalue weighted by Gasteiger charge is -2.13. The highest BCUT2D eigenvalue weighted by Crippen LogP contribution is 2.20. The number of hydrogen-bond donors (Lipinski definition) is 3. The first-order chi connectivity index (χ1) is 14.3. The first-order valence-corrected chi connectivity index (χ1v) is 10.5. The van der Waals surface area contributed by atoms with E-state index in [1.54, 1.807) is 11.8 Å². The van der Waals surface area contributed by atoms with Crippen molar-refractivity contribution in [3.63, 3.8) is 0 Å². The standard InChI is InChI=1S/C24H28N4O/c29-24(26-15-13-19-16-27-22-9-5-4-8-21(19)22)20-10-11-23(28-17-20)25-14-12-18-6-2-1-3-7-18/h4-6,8-11,16-17,27H,1-3,7,12-15H2,(H,25,28)(H,26,29). The molecule has 0 unspecified atom stereocenters. The summed E-state index contributed by atoms with van der Waals surface area (Å²) in [6, 6.07) is 11.9. The van der Waals surface area contributed by atoms with Crippen molar-refractivity contribution < 1.29 is 4.79 Å². The largest absolute Gasteiger partial charge is 0.370 e.